The van der Waals surface area contributed by atoms with E-state index >= 15 is 0 Å². The van der Waals surface area contributed by atoms with E-state index in [-0.39, 0.29) is 5.91 Å². The van der Waals surface area contributed by atoms with Gasteiger partial charge in [0.2, 0.25) is 0 Å². The number of amides is 1. The molecule has 0 radical (unpaired) electrons. The summed E-state index contributed by atoms with van der Waals surface area (Å²) in [5.41, 5.74) is 1.45. The van der Waals surface area contributed by atoms with Crippen LogP contribution in [-0.4, -0.2) is 20.0 Å². The molecule has 23 heavy (non-hydrogen) atoms. The van der Waals surface area contributed by atoms with Gasteiger partial charge in [-0.1, -0.05) is 23.7 Å². The first-order valence-electron chi connectivity index (χ1n) is 7.75. The van der Waals surface area contributed by atoms with Crippen LogP contribution >= 0.6 is 11.6 Å². The molecule has 0 aliphatic carbocycles. The summed E-state index contributed by atoms with van der Waals surface area (Å²) in [5, 5.41) is 4.59. The van der Waals surface area contributed by atoms with E-state index in [9.17, 15) is 4.79 Å². The fourth-order valence-corrected chi connectivity index (χ4v) is 3.59. The summed E-state index contributed by atoms with van der Waals surface area (Å²) in [6, 6.07) is 7.54. The smallest absolute Gasteiger partial charge is 0.273 e. The van der Waals surface area contributed by atoms with Gasteiger partial charge in [-0.2, -0.15) is 0 Å². The fraction of sp³-hybridized carbons (Fsp3) is 0.294. The van der Waals surface area contributed by atoms with Gasteiger partial charge in [0.15, 0.2) is 0 Å². The molecule has 118 valence electrons. The summed E-state index contributed by atoms with van der Waals surface area (Å²) in [5.74, 6) is 1.67. The van der Waals surface area contributed by atoms with E-state index in [2.05, 4.69) is 14.9 Å². The molecule has 0 bridgehead atoms. The predicted octanol–water partition coefficient (Wildman–Crippen LogP) is 3.62. The zero-order valence-electron chi connectivity index (χ0n) is 12.8. The second-order valence-electron chi connectivity index (χ2n) is 5.89. The molecule has 0 atom stereocenters. The maximum absolute atomic E-state index is 12.7. The topological polar surface area (TPSA) is 51.9 Å². The van der Waals surface area contributed by atoms with Crippen LogP contribution in [-0.2, 0) is 20.0 Å². The van der Waals surface area contributed by atoms with Crippen molar-refractivity contribution >= 4 is 34.2 Å². The summed E-state index contributed by atoms with van der Waals surface area (Å²) < 4.78 is 3.93. The molecule has 2 aromatic heterocycles. The van der Waals surface area contributed by atoms with Crippen LogP contribution in [0.3, 0.4) is 0 Å². The molecule has 3 aromatic rings. The number of rotatable bonds is 2. The second-order valence-corrected chi connectivity index (χ2v) is 6.30. The third-order valence-corrected chi connectivity index (χ3v) is 4.76. The van der Waals surface area contributed by atoms with Crippen LogP contribution in [0.5, 0.6) is 0 Å². The summed E-state index contributed by atoms with van der Waals surface area (Å²) >= 11 is 6.25. The van der Waals surface area contributed by atoms with Crippen LogP contribution in [0.1, 0.15) is 29.2 Å². The average molecular weight is 329 g/mol. The van der Waals surface area contributed by atoms with E-state index in [1.807, 2.05) is 35.9 Å². The lowest BCUT2D eigenvalue weighted by Crippen LogP contribution is -2.20. The lowest BCUT2D eigenvalue weighted by atomic mass is 10.2. The number of hydrogen-bond donors (Lipinski definition) is 1. The number of aromatic nitrogens is 3. The number of anilines is 1. The number of aryl methyl sites for hydroxylation is 2. The summed E-state index contributed by atoms with van der Waals surface area (Å²) in [6.07, 6.45) is 5.00. The van der Waals surface area contributed by atoms with Gasteiger partial charge in [0.05, 0.1) is 16.7 Å². The molecule has 1 amide bonds. The summed E-state index contributed by atoms with van der Waals surface area (Å²) in [7, 11) is 1.86. The number of fused-ring (bicyclic) bond motifs is 2. The van der Waals surface area contributed by atoms with Crippen LogP contribution in [0, 0.1) is 0 Å². The molecule has 6 heteroatoms. The highest BCUT2D eigenvalue weighted by Crippen LogP contribution is 2.27. The Bertz CT molecular complexity index is 909. The van der Waals surface area contributed by atoms with Crippen LogP contribution in [0.25, 0.3) is 10.9 Å². The van der Waals surface area contributed by atoms with Crippen molar-refractivity contribution in [3.8, 4) is 0 Å². The summed E-state index contributed by atoms with van der Waals surface area (Å²) in [4.78, 5) is 17.1. The maximum atomic E-state index is 12.7. The zero-order valence-corrected chi connectivity index (χ0v) is 13.6. The van der Waals surface area contributed by atoms with Crippen molar-refractivity contribution in [2.24, 2.45) is 7.05 Å². The summed E-state index contributed by atoms with van der Waals surface area (Å²) in [6.45, 7) is 0.909. The molecule has 1 N–H and O–H groups in total. The first-order valence-corrected chi connectivity index (χ1v) is 8.12. The van der Waals surface area contributed by atoms with E-state index in [4.69, 9.17) is 11.6 Å². The average Bonchev–Trinajstić information content (AvgIpc) is 3.10. The van der Waals surface area contributed by atoms with Crippen LogP contribution < -0.4 is 5.32 Å². The third kappa shape index (κ3) is 2.32. The molecular formula is C17H17ClN4O. The fourth-order valence-electron chi connectivity index (χ4n) is 3.28. The van der Waals surface area contributed by atoms with Crippen molar-refractivity contribution < 1.29 is 4.79 Å². The number of halogens is 1. The molecular weight excluding hydrogens is 312 g/mol. The number of carbonyl (C=O) groups is 1. The van der Waals surface area contributed by atoms with E-state index in [1.54, 1.807) is 6.20 Å². The highest BCUT2D eigenvalue weighted by Gasteiger charge is 2.19. The number of imidazole rings is 1. The van der Waals surface area contributed by atoms with Gasteiger partial charge < -0.3 is 14.5 Å². The quantitative estimate of drug-likeness (QED) is 0.781. The van der Waals surface area contributed by atoms with Gasteiger partial charge in [0.1, 0.15) is 17.3 Å². The van der Waals surface area contributed by atoms with Crippen molar-refractivity contribution in [2.75, 3.05) is 5.32 Å². The molecule has 0 unspecified atom stereocenters. The van der Waals surface area contributed by atoms with Crippen molar-refractivity contribution in [1.82, 2.24) is 14.1 Å². The molecule has 0 spiro atoms. The number of benzene rings is 1. The van der Waals surface area contributed by atoms with Gasteiger partial charge in [-0.3, -0.25) is 4.79 Å². The Morgan fingerprint density at radius 1 is 1.35 bits per heavy atom. The molecule has 4 rings (SSSR count). The monoisotopic (exact) mass is 328 g/mol. The molecule has 1 aliphatic rings. The van der Waals surface area contributed by atoms with Crippen LogP contribution in [0.15, 0.2) is 30.5 Å². The minimum Gasteiger partial charge on any atom is -0.338 e. The molecule has 3 heterocycles. The van der Waals surface area contributed by atoms with Gasteiger partial charge >= 0.3 is 0 Å². The Morgan fingerprint density at radius 2 is 2.22 bits per heavy atom. The van der Waals surface area contributed by atoms with E-state index in [0.29, 0.717) is 10.7 Å². The van der Waals surface area contributed by atoms with Crippen LogP contribution in [0.4, 0.5) is 5.82 Å². The zero-order chi connectivity index (χ0) is 16.0. The molecule has 0 saturated heterocycles. The van der Waals surface area contributed by atoms with E-state index in [1.165, 1.54) is 0 Å². The maximum Gasteiger partial charge on any atom is 0.273 e. The first-order chi connectivity index (χ1) is 11.1. The standard InChI is InChI=1S/C17H17ClN4O/c1-21-13(9-11-5-4-6-12(18)16(11)21)17(23)20-15-10-19-14-7-2-3-8-22(14)15/h4-6,9-10H,2-3,7-8H2,1H3,(H,20,23). The molecule has 1 aromatic carbocycles. The molecule has 0 saturated carbocycles. The molecule has 5 nitrogen and oxygen atoms in total. The van der Waals surface area contributed by atoms with Gasteiger partial charge in [-0.05, 0) is 25.0 Å². The van der Waals surface area contributed by atoms with Gasteiger partial charge in [0.25, 0.3) is 5.91 Å². The number of nitrogens with one attached hydrogen (secondary N) is 1. The number of carbonyl (C=O) groups excluding carboxylic acids is 1. The third-order valence-electron chi connectivity index (χ3n) is 4.45. The molecule has 1 aliphatic heterocycles. The van der Waals surface area contributed by atoms with E-state index < -0.39 is 0 Å². The minimum atomic E-state index is -0.145. The second kappa shape index (κ2) is 5.42. The Morgan fingerprint density at radius 3 is 3.04 bits per heavy atom. The van der Waals surface area contributed by atoms with E-state index in [0.717, 1.165) is 48.4 Å². The van der Waals surface area contributed by atoms with Gasteiger partial charge in [-0.25, -0.2) is 4.98 Å². The Labute approximate surface area is 138 Å². The normalized spacial score (nSPS) is 14.0. The Hall–Kier alpha value is -2.27. The van der Waals surface area contributed by atoms with Crippen molar-refractivity contribution in [1.29, 1.82) is 0 Å². The predicted molar refractivity (Wildman–Crippen MR) is 91.0 cm³/mol. The lowest BCUT2D eigenvalue weighted by Gasteiger charge is -2.16. The highest BCUT2D eigenvalue weighted by molar-refractivity contribution is 6.35. The Balaban J connectivity index is 1.69. The van der Waals surface area contributed by atoms with Gasteiger partial charge in [0, 0.05) is 25.4 Å². The van der Waals surface area contributed by atoms with Crippen molar-refractivity contribution in [2.45, 2.75) is 25.8 Å². The number of nitrogens with zero attached hydrogens (tertiary/aromatic N) is 3. The Kier molecular flexibility index (Phi) is 3.38. The van der Waals surface area contributed by atoms with Crippen molar-refractivity contribution in [3.05, 3.63) is 47.0 Å². The number of hydrogen-bond acceptors (Lipinski definition) is 2. The number of para-hydroxylation sites is 1. The van der Waals surface area contributed by atoms with Crippen molar-refractivity contribution in [3.63, 3.8) is 0 Å². The largest absolute Gasteiger partial charge is 0.338 e. The first kappa shape index (κ1) is 14.3. The SMILES string of the molecule is Cn1c(C(=O)Nc2cnc3n2CCCC3)cc2cccc(Cl)c21. The van der Waals surface area contributed by atoms with Gasteiger partial charge in [-0.15, -0.1) is 0 Å². The minimum absolute atomic E-state index is 0.145. The molecule has 0 fully saturated rings. The lowest BCUT2D eigenvalue weighted by molar-refractivity contribution is 0.101. The highest BCUT2D eigenvalue weighted by atomic mass is 35.5. The van der Waals surface area contributed by atoms with Crippen LogP contribution in [0.2, 0.25) is 5.02 Å².